The Balaban J connectivity index is 1.91. The van der Waals surface area contributed by atoms with E-state index < -0.39 is 5.60 Å². The van der Waals surface area contributed by atoms with Gasteiger partial charge < -0.3 is 15.0 Å². The zero-order valence-corrected chi connectivity index (χ0v) is 13.4. The third-order valence-corrected chi connectivity index (χ3v) is 3.33. The van der Waals surface area contributed by atoms with Crippen molar-refractivity contribution in [3.05, 3.63) is 17.4 Å². The van der Waals surface area contributed by atoms with E-state index in [1.165, 1.54) is 0 Å². The highest BCUT2D eigenvalue weighted by Crippen LogP contribution is 2.21. The van der Waals surface area contributed by atoms with Crippen LogP contribution in [-0.4, -0.2) is 45.7 Å². The average molecular weight is 313 g/mol. The van der Waals surface area contributed by atoms with E-state index in [2.05, 4.69) is 15.3 Å². The molecule has 1 saturated heterocycles. The van der Waals surface area contributed by atoms with Gasteiger partial charge in [-0.1, -0.05) is 11.6 Å². The quantitative estimate of drug-likeness (QED) is 0.869. The first-order chi connectivity index (χ1) is 9.85. The molecule has 1 fully saturated rings. The number of amides is 1. The van der Waals surface area contributed by atoms with E-state index in [0.717, 1.165) is 19.4 Å². The highest BCUT2D eigenvalue weighted by Gasteiger charge is 2.32. The molecule has 0 radical (unpaired) electrons. The van der Waals surface area contributed by atoms with E-state index in [1.807, 2.05) is 20.8 Å². The Morgan fingerprint density at radius 2 is 2.33 bits per heavy atom. The molecule has 0 aromatic carbocycles. The van der Waals surface area contributed by atoms with Gasteiger partial charge in [-0.05, 0) is 39.7 Å². The van der Waals surface area contributed by atoms with Crippen LogP contribution in [-0.2, 0) is 4.74 Å². The fourth-order valence-electron chi connectivity index (χ4n) is 2.24. The van der Waals surface area contributed by atoms with Gasteiger partial charge in [-0.25, -0.2) is 14.8 Å². The zero-order chi connectivity index (χ0) is 15.5. The van der Waals surface area contributed by atoms with Crippen molar-refractivity contribution in [3.8, 4) is 0 Å². The van der Waals surface area contributed by atoms with Crippen LogP contribution in [0, 0.1) is 0 Å². The highest BCUT2D eigenvalue weighted by molar-refractivity contribution is 6.29. The molecule has 2 heterocycles. The molecule has 2 rings (SSSR count). The molecule has 1 N–H and O–H groups in total. The van der Waals surface area contributed by atoms with Crippen LogP contribution in [0.1, 0.15) is 33.6 Å². The molecular formula is C14H21ClN4O2. The van der Waals surface area contributed by atoms with Gasteiger partial charge in [0.1, 0.15) is 10.8 Å². The number of anilines is 1. The minimum absolute atomic E-state index is 0.0856. The Morgan fingerprint density at radius 1 is 1.57 bits per heavy atom. The van der Waals surface area contributed by atoms with Gasteiger partial charge in [-0.3, -0.25) is 0 Å². The number of likely N-dealkylation sites (tertiary alicyclic amines) is 1. The number of hydrogen-bond donors (Lipinski definition) is 1. The summed E-state index contributed by atoms with van der Waals surface area (Å²) in [7, 11) is 0. The fraction of sp³-hybridized carbons (Fsp3) is 0.643. The van der Waals surface area contributed by atoms with Crippen molar-refractivity contribution >= 4 is 23.6 Å². The first-order valence-electron chi connectivity index (χ1n) is 7.07. The third-order valence-electron chi connectivity index (χ3n) is 3.12. The predicted octanol–water partition coefficient (Wildman–Crippen LogP) is 2.94. The molecule has 1 amide bonds. The smallest absolute Gasteiger partial charge is 0.410 e. The van der Waals surface area contributed by atoms with Crippen LogP contribution in [0.4, 0.5) is 10.7 Å². The molecule has 1 aromatic rings. The van der Waals surface area contributed by atoms with Gasteiger partial charge in [0.2, 0.25) is 5.95 Å². The van der Waals surface area contributed by atoms with Crippen molar-refractivity contribution in [2.75, 3.05) is 18.4 Å². The van der Waals surface area contributed by atoms with Gasteiger partial charge in [0, 0.05) is 19.3 Å². The third kappa shape index (κ3) is 4.74. The minimum Gasteiger partial charge on any atom is -0.444 e. The molecule has 21 heavy (non-hydrogen) atoms. The van der Waals surface area contributed by atoms with E-state index in [4.69, 9.17) is 16.3 Å². The lowest BCUT2D eigenvalue weighted by Gasteiger charge is -2.28. The van der Waals surface area contributed by atoms with Gasteiger partial charge >= 0.3 is 6.09 Å². The Bertz CT molecular complexity index is 504. The molecule has 0 unspecified atom stereocenters. The summed E-state index contributed by atoms with van der Waals surface area (Å²) >= 11 is 5.82. The molecule has 0 spiro atoms. The van der Waals surface area contributed by atoms with Crippen LogP contribution in [0.3, 0.4) is 0 Å². The minimum atomic E-state index is -0.478. The average Bonchev–Trinajstić information content (AvgIpc) is 2.83. The Morgan fingerprint density at radius 3 is 3.00 bits per heavy atom. The number of halogens is 1. The summed E-state index contributed by atoms with van der Waals surface area (Å²) in [5, 5.41) is 3.51. The van der Waals surface area contributed by atoms with Crippen molar-refractivity contribution in [1.82, 2.24) is 14.9 Å². The summed E-state index contributed by atoms with van der Waals surface area (Å²) in [4.78, 5) is 22.1. The molecule has 7 heteroatoms. The molecular weight excluding hydrogens is 292 g/mol. The van der Waals surface area contributed by atoms with Gasteiger partial charge in [0.15, 0.2) is 0 Å². The second kappa shape index (κ2) is 6.47. The SMILES string of the molecule is CC(C)(C)OC(=O)N1CCC[C@@H]1CNc1nccc(Cl)n1. The van der Waals surface area contributed by atoms with Crippen molar-refractivity contribution in [2.45, 2.75) is 45.3 Å². The van der Waals surface area contributed by atoms with Gasteiger partial charge in [-0.2, -0.15) is 0 Å². The molecule has 0 bridgehead atoms. The molecule has 6 nitrogen and oxygen atoms in total. The number of aromatic nitrogens is 2. The van der Waals surface area contributed by atoms with Crippen LogP contribution in [0.2, 0.25) is 5.15 Å². The maximum absolute atomic E-state index is 12.2. The highest BCUT2D eigenvalue weighted by atomic mass is 35.5. The summed E-state index contributed by atoms with van der Waals surface area (Å²) < 4.78 is 5.43. The van der Waals surface area contributed by atoms with E-state index in [1.54, 1.807) is 17.2 Å². The second-order valence-corrected chi connectivity index (χ2v) is 6.44. The van der Waals surface area contributed by atoms with Crippen molar-refractivity contribution < 1.29 is 9.53 Å². The monoisotopic (exact) mass is 312 g/mol. The first kappa shape index (κ1) is 15.8. The molecule has 1 atom stereocenters. The van der Waals surface area contributed by atoms with Crippen LogP contribution >= 0.6 is 11.6 Å². The number of hydrogen-bond acceptors (Lipinski definition) is 5. The van der Waals surface area contributed by atoms with Gasteiger partial charge in [0.05, 0.1) is 6.04 Å². The normalized spacial score (nSPS) is 18.7. The van der Waals surface area contributed by atoms with E-state index in [0.29, 0.717) is 17.6 Å². The maximum atomic E-state index is 12.2. The summed E-state index contributed by atoms with van der Waals surface area (Å²) in [5.41, 5.74) is -0.478. The van der Waals surface area contributed by atoms with Crippen molar-refractivity contribution in [2.24, 2.45) is 0 Å². The lowest BCUT2D eigenvalue weighted by Crippen LogP contribution is -2.42. The second-order valence-electron chi connectivity index (χ2n) is 6.05. The zero-order valence-electron chi connectivity index (χ0n) is 12.6. The summed E-state index contributed by atoms with van der Waals surface area (Å²) in [5.74, 6) is 0.471. The molecule has 1 aromatic heterocycles. The molecule has 0 saturated carbocycles. The summed E-state index contributed by atoms with van der Waals surface area (Å²) in [6.07, 6.45) is 3.24. The van der Waals surface area contributed by atoms with E-state index >= 15 is 0 Å². The Hall–Kier alpha value is -1.56. The molecule has 1 aliphatic rings. The lowest BCUT2D eigenvalue weighted by atomic mass is 10.2. The number of ether oxygens (including phenoxy) is 1. The predicted molar refractivity (Wildman–Crippen MR) is 81.5 cm³/mol. The van der Waals surface area contributed by atoms with E-state index in [9.17, 15) is 4.79 Å². The van der Waals surface area contributed by atoms with Crippen LogP contribution < -0.4 is 5.32 Å². The van der Waals surface area contributed by atoms with Gasteiger partial charge in [0.25, 0.3) is 0 Å². The van der Waals surface area contributed by atoms with Crippen molar-refractivity contribution in [3.63, 3.8) is 0 Å². The number of carbonyl (C=O) groups excluding carboxylic acids is 1. The van der Waals surface area contributed by atoms with Crippen LogP contribution in [0.15, 0.2) is 12.3 Å². The number of nitrogens with zero attached hydrogens (tertiary/aromatic N) is 3. The first-order valence-corrected chi connectivity index (χ1v) is 7.45. The lowest BCUT2D eigenvalue weighted by molar-refractivity contribution is 0.0235. The molecule has 116 valence electrons. The van der Waals surface area contributed by atoms with Crippen molar-refractivity contribution in [1.29, 1.82) is 0 Å². The topological polar surface area (TPSA) is 67.3 Å². The number of nitrogens with one attached hydrogen (secondary N) is 1. The fourth-order valence-corrected chi connectivity index (χ4v) is 2.38. The standard InChI is InChI=1S/C14H21ClN4O2/c1-14(2,3)21-13(20)19-8-4-5-10(19)9-17-12-16-7-6-11(15)18-12/h6-7,10H,4-5,8-9H2,1-3H3,(H,16,17,18)/t10-/m1/s1. The maximum Gasteiger partial charge on any atom is 0.410 e. The largest absolute Gasteiger partial charge is 0.444 e. The molecule has 0 aliphatic carbocycles. The Labute approximate surface area is 129 Å². The Kier molecular flexibility index (Phi) is 4.88. The van der Waals surface area contributed by atoms with Crippen LogP contribution in [0.25, 0.3) is 0 Å². The van der Waals surface area contributed by atoms with E-state index in [-0.39, 0.29) is 12.1 Å². The molecule has 1 aliphatic heterocycles. The van der Waals surface area contributed by atoms with Crippen LogP contribution in [0.5, 0.6) is 0 Å². The number of rotatable bonds is 3. The summed E-state index contributed by atoms with van der Waals surface area (Å²) in [6.45, 7) is 6.91. The summed E-state index contributed by atoms with van der Waals surface area (Å²) in [6, 6.07) is 1.71. The van der Waals surface area contributed by atoms with Gasteiger partial charge in [-0.15, -0.1) is 0 Å². The number of carbonyl (C=O) groups is 1.